The number of nitrogens with one attached hydrogen (secondary N) is 2. The van der Waals surface area contributed by atoms with Gasteiger partial charge in [0.15, 0.2) is 0 Å². The molecule has 0 aromatic rings. The van der Waals surface area contributed by atoms with Crippen molar-refractivity contribution in [3.63, 3.8) is 0 Å². The minimum atomic E-state index is -0.927. The Morgan fingerprint density at radius 2 is 2.29 bits per heavy atom. The largest absolute Gasteiger partial charge is 0.481 e. The van der Waals surface area contributed by atoms with Crippen LogP contribution in [0.2, 0.25) is 0 Å². The second-order valence-corrected chi connectivity index (χ2v) is 4.30. The smallest absolute Gasteiger partial charge is 0.305 e. The Kier molecular flexibility index (Phi) is 4.93. The molecule has 6 nitrogen and oxygen atoms in total. The van der Waals surface area contributed by atoms with Crippen molar-refractivity contribution in [1.82, 2.24) is 10.6 Å². The molecule has 6 heteroatoms. The van der Waals surface area contributed by atoms with Crippen LogP contribution in [0, 0.1) is 5.92 Å². The predicted molar refractivity (Wildman–Crippen MR) is 60.2 cm³/mol. The first kappa shape index (κ1) is 13.5. The molecule has 1 heterocycles. The van der Waals surface area contributed by atoms with Crippen molar-refractivity contribution in [3.05, 3.63) is 0 Å². The fraction of sp³-hybridized carbons (Fsp3) is 0.727. The van der Waals surface area contributed by atoms with E-state index >= 15 is 0 Å². The van der Waals surface area contributed by atoms with Crippen molar-refractivity contribution in [2.75, 3.05) is 6.54 Å². The van der Waals surface area contributed by atoms with E-state index in [0.717, 1.165) is 6.42 Å². The third kappa shape index (κ3) is 4.42. The first-order chi connectivity index (χ1) is 8.02. The highest BCUT2D eigenvalue weighted by molar-refractivity contribution is 5.89. The highest BCUT2D eigenvalue weighted by atomic mass is 16.4. The van der Waals surface area contributed by atoms with Gasteiger partial charge in [-0.25, -0.2) is 0 Å². The summed E-state index contributed by atoms with van der Waals surface area (Å²) in [6, 6.07) is -0.347. The van der Waals surface area contributed by atoms with E-state index in [1.165, 1.54) is 0 Å². The molecule has 96 valence electrons. The van der Waals surface area contributed by atoms with Crippen molar-refractivity contribution < 1.29 is 19.5 Å². The molecule has 2 unspecified atom stereocenters. The van der Waals surface area contributed by atoms with Gasteiger partial charge in [-0.05, 0) is 6.42 Å². The van der Waals surface area contributed by atoms with E-state index in [1.807, 2.05) is 6.92 Å². The van der Waals surface area contributed by atoms with E-state index in [-0.39, 0.29) is 36.6 Å². The van der Waals surface area contributed by atoms with Crippen LogP contribution in [0.1, 0.15) is 32.6 Å². The summed E-state index contributed by atoms with van der Waals surface area (Å²) in [7, 11) is 0. The van der Waals surface area contributed by atoms with Crippen LogP contribution >= 0.6 is 0 Å². The lowest BCUT2D eigenvalue weighted by Crippen LogP contribution is -2.40. The molecule has 1 aliphatic rings. The zero-order chi connectivity index (χ0) is 12.8. The number of hydrogen-bond acceptors (Lipinski definition) is 3. The molecule has 0 aromatic carbocycles. The highest BCUT2D eigenvalue weighted by Crippen LogP contribution is 2.10. The fourth-order valence-electron chi connectivity index (χ4n) is 1.89. The lowest BCUT2D eigenvalue weighted by atomic mass is 10.0. The quantitative estimate of drug-likeness (QED) is 0.605. The molecule has 0 radical (unpaired) electrons. The summed E-state index contributed by atoms with van der Waals surface area (Å²) in [4.78, 5) is 33.3. The molecule has 2 amide bonds. The predicted octanol–water partition coefficient (Wildman–Crippen LogP) is -0.118. The first-order valence-corrected chi connectivity index (χ1v) is 5.81. The van der Waals surface area contributed by atoms with Gasteiger partial charge in [-0.2, -0.15) is 0 Å². The Bertz CT molecular complexity index is 317. The van der Waals surface area contributed by atoms with E-state index in [9.17, 15) is 14.4 Å². The third-order valence-corrected chi connectivity index (χ3v) is 2.75. The molecule has 0 bridgehead atoms. The summed E-state index contributed by atoms with van der Waals surface area (Å²) in [5.74, 6) is -1.65. The maximum atomic E-state index is 11.8. The van der Waals surface area contributed by atoms with Crippen LogP contribution in [0.25, 0.3) is 0 Å². The first-order valence-electron chi connectivity index (χ1n) is 5.81. The van der Waals surface area contributed by atoms with Gasteiger partial charge in [-0.15, -0.1) is 0 Å². The van der Waals surface area contributed by atoms with Crippen molar-refractivity contribution in [2.24, 2.45) is 5.92 Å². The number of carbonyl (C=O) groups is 3. The molecule has 2 atom stereocenters. The molecule has 0 spiro atoms. The van der Waals surface area contributed by atoms with E-state index in [1.54, 1.807) is 0 Å². The monoisotopic (exact) mass is 242 g/mol. The summed E-state index contributed by atoms with van der Waals surface area (Å²) in [6.07, 6.45) is 1.55. The molecular weight excluding hydrogens is 224 g/mol. The maximum absolute atomic E-state index is 11.8. The van der Waals surface area contributed by atoms with Crippen LogP contribution in [0.3, 0.4) is 0 Å². The molecule has 1 rings (SSSR count). The van der Waals surface area contributed by atoms with Gasteiger partial charge in [0, 0.05) is 19.0 Å². The number of carboxylic acids is 1. The summed E-state index contributed by atoms with van der Waals surface area (Å²) in [5, 5.41) is 14.0. The van der Waals surface area contributed by atoms with Gasteiger partial charge in [0.1, 0.15) is 0 Å². The van der Waals surface area contributed by atoms with Gasteiger partial charge in [0.05, 0.1) is 12.3 Å². The summed E-state index contributed by atoms with van der Waals surface area (Å²) < 4.78 is 0. The average molecular weight is 242 g/mol. The lowest BCUT2D eigenvalue weighted by molar-refractivity contribution is -0.138. The van der Waals surface area contributed by atoms with Gasteiger partial charge in [-0.3, -0.25) is 14.4 Å². The highest BCUT2D eigenvalue weighted by Gasteiger charge is 2.29. The van der Waals surface area contributed by atoms with Crippen molar-refractivity contribution in [2.45, 2.75) is 38.6 Å². The molecule has 0 saturated carbocycles. The van der Waals surface area contributed by atoms with Gasteiger partial charge < -0.3 is 15.7 Å². The summed E-state index contributed by atoms with van der Waals surface area (Å²) in [5.41, 5.74) is 0. The summed E-state index contributed by atoms with van der Waals surface area (Å²) in [6.45, 7) is 2.28. The number of hydrogen-bond donors (Lipinski definition) is 3. The van der Waals surface area contributed by atoms with Gasteiger partial charge in [0.2, 0.25) is 11.8 Å². The number of rotatable bonds is 6. The second-order valence-electron chi connectivity index (χ2n) is 4.30. The minimum absolute atomic E-state index is 0.0757. The number of carboxylic acid groups (broad SMARTS) is 1. The normalized spacial score (nSPS) is 20.8. The Morgan fingerprint density at radius 1 is 1.59 bits per heavy atom. The van der Waals surface area contributed by atoms with Crippen molar-refractivity contribution in [3.8, 4) is 0 Å². The maximum Gasteiger partial charge on any atom is 0.305 e. The van der Waals surface area contributed by atoms with Crippen LogP contribution in [-0.4, -0.2) is 35.5 Å². The minimum Gasteiger partial charge on any atom is -0.481 e. The Labute approximate surface area is 99.8 Å². The van der Waals surface area contributed by atoms with E-state index < -0.39 is 5.97 Å². The van der Waals surface area contributed by atoms with Crippen molar-refractivity contribution >= 4 is 17.8 Å². The van der Waals surface area contributed by atoms with Gasteiger partial charge in [-0.1, -0.05) is 13.3 Å². The van der Waals surface area contributed by atoms with Gasteiger partial charge in [0.25, 0.3) is 0 Å². The standard InChI is InChI=1S/C11H18N2O4/c1-2-3-8(5-10(15)16)13-11(17)7-4-9(14)12-6-7/h7-8H,2-6H2,1H3,(H,12,14)(H,13,17)(H,15,16). The molecule has 1 aliphatic heterocycles. The number of amides is 2. The number of aliphatic carboxylic acids is 1. The topological polar surface area (TPSA) is 95.5 Å². The van der Waals surface area contributed by atoms with Crippen LogP contribution in [0.4, 0.5) is 0 Å². The Morgan fingerprint density at radius 3 is 2.76 bits per heavy atom. The van der Waals surface area contributed by atoms with E-state index in [4.69, 9.17) is 5.11 Å². The summed E-state index contributed by atoms with van der Waals surface area (Å²) >= 11 is 0. The second kappa shape index (κ2) is 6.22. The molecule has 3 N–H and O–H groups in total. The van der Waals surface area contributed by atoms with E-state index in [0.29, 0.717) is 13.0 Å². The molecule has 0 aromatic heterocycles. The van der Waals surface area contributed by atoms with Crippen LogP contribution in [-0.2, 0) is 14.4 Å². The van der Waals surface area contributed by atoms with Crippen LogP contribution in [0.5, 0.6) is 0 Å². The van der Waals surface area contributed by atoms with Crippen LogP contribution in [0.15, 0.2) is 0 Å². The van der Waals surface area contributed by atoms with E-state index in [2.05, 4.69) is 10.6 Å². The SMILES string of the molecule is CCCC(CC(=O)O)NC(=O)C1CNC(=O)C1. The Hall–Kier alpha value is -1.59. The van der Waals surface area contributed by atoms with Crippen LogP contribution < -0.4 is 10.6 Å². The average Bonchev–Trinajstić information content (AvgIpc) is 2.64. The molecule has 17 heavy (non-hydrogen) atoms. The molecule has 1 fully saturated rings. The third-order valence-electron chi connectivity index (χ3n) is 2.75. The van der Waals surface area contributed by atoms with Gasteiger partial charge >= 0.3 is 5.97 Å². The fourth-order valence-corrected chi connectivity index (χ4v) is 1.89. The Balaban J connectivity index is 2.45. The zero-order valence-electron chi connectivity index (χ0n) is 9.86. The zero-order valence-corrected chi connectivity index (χ0v) is 9.86. The molecule has 1 saturated heterocycles. The molecular formula is C11H18N2O4. The number of carbonyl (C=O) groups excluding carboxylic acids is 2. The lowest BCUT2D eigenvalue weighted by Gasteiger charge is -2.18. The molecule has 0 aliphatic carbocycles. The van der Waals surface area contributed by atoms with Crippen molar-refractivity contribution in [1.29, 1.82) is 0 Å².